The van der Waals surface area contributed by atoms with Gasteiger partial charge in [-0.1, -0.05) is 37.9 Å². The lowest BCUT2D eigenvalue weighted by Crippen LogP contribution is -2.21. The molecule has 0 heterocycles. The number of nitrogens with zero attached hydrogens (tertiary/aromatic N) is 2. The lowest BCUT2D eigenvalue weighted by atomic mass is 10.2. The molecule has 1 aromatic rings. The van der Waals surface area contributed by atoms with E-state index >= 15 is 0 Å². The summed E-state index contributed by atoms with van der Waals surface area (Å²) >= 11 is 6.76. The van der Waals surface area contributed by atoms with Crippen LogP contribution in [0.4, 0.5) is 0 Å². The third-order valence-electron chi connectivity index (χ3n) is 1.36. The highest BCUT2D eigenvalue weighted by molar-refractivity contribution is 9.11. The van der Waals surface area contributed by atoms with Gasteiger partial charge in [0.25, 0.3) is 5.97 Å². The number of aliphatic carboxylic acids is 1. The first-order chi connectivity index (χ1) is 8.34. The summed E-state index contributed by atoms with van der Waals surface area (Å²) in [6.07, 6.45) is 1.56. The van der Waals surface area contributed by atoms with Crippen molar-refractivity contribution in [3.05, 3.63) is 32.7 Å². The number of nitrogens with two attached hydrogens (primary N) is 2. The normalized spacial score (nSPS) is 9.50. The van der Waals surface area contributed by atoms with Gasteiger partial charge in [-0.05, 0) is 12.1 Å². The molecule has 0 unspecified atom stereocenters. The van der Waals surface area contributed by atoms with Gasteiger partial charge in [0.05, 0.1) is 6.21 Å². The summed E-state index contributed by atoms with van der Waals surface area (Å²) in [7, 11) is 0. The number of hydrogen-bond donors (Lipinski definition) is 3. The lowest BCUT2D eigenvalue weighted by molar-refractivity contribution is -0.134. The fraction of sp³-hybridized carbons (Fsp3) is 0.100. The maximum absolute atomic E-state index is 9.00. The smallest absolute Gasteiger partial charge is 0.300 e. The molecule has 5 N–H and O–H groups in total. The Balaban J connectivity index is 0.000000631. The molecule has 0 saturated carbocycles. The first-order valence-corrected chi connectivity index (χ1v) is 6.18. The monoisotopic (exact) mass is 378 g/mol. The average molecular weight is 380 g/mol. The van der Waals surface area contributed by atoms with Gasteiger partial charge < -0.3 is 16.6 Å². The molecule has 0 aliphatic heterocycles. The van der Waals surface area contributed by atoms with Crippen molar-refractivity contribution in [1.82, 2.24) is 0 Å². The molecule has 18 heavy (non-hydrogen) atoms. The molecule has 0 fully saturated rings. The van der Waals surface area contributed by atoms with Gasteiger partial charge in [-0.15, -0.1) is 5.10 Å². The van der Waals surface area contributed by atoms with Crippen LogP contribution < -0.4 is 11.5 Å². The SMILES string of the molecule is CC(=O)O.NC(N)=NN=Cc1c(Br)cccc1Br. The maximum atomic E-state index is 9.00. The number of benzene rings is 1. The zero-order chi connectivity index (χ0) is 14.1. The van der Waals surface area contributed by atoms with Crippen LogP contribution in [-0.2, 0) is 4.79 Å². The molecule has 98 valence electrons. The molecule has 0 amide bonds. The van der Waals surface area contributed by atoms with Gasteiger partial charge in [-0.2, -0.15) is 5.10 Å². The molecule has 0 aliphatic carbocycles. The standard InChI is InChI=1S/C8H8Br2N4.C2H4O2/c9-6-2-1-3-7(10)5(6)4-13-14-8(11)12;1-2(3)4/h1-4H,(H4,11,12,14);1H3,(H,3,4). The van der Waals surface area contributed by atoms with Crippen molar-refractivity contribution in [2.75, 3.05) is 0 Å². The summed E-state index contributed by atoms with van der Waals surface area (Å²) in [5, 5.41) is 14.6. The first kappa shape index (κ1) is 16.6. The summed E-state index contributed by atoms with van der Waals surface area (Å²) in [5.41, 5.74) is 11.1. The average Bonchev–Trinajstić information content (AvgIpc) is 2.21. The Labute approximate surface area is 121 Å². The summed E-state index contributed by atoms with van der Waals surface area (Å²) < 4.78 is 1.84. The van der Waals surface area contributed by atoms with E-state index in [2.05, 4.69) is 42.1 Å². The Bertz CT molecular complexity index is 447. The summed E-state index contributed by atoms with van der Waals surface area (Å²) in [5.74, 6) is -0.899. The van der Waals surface area contributed by atoms with Gasteiger partial charge in [-0.25, -0.2) is 0 Å². The zero-order valence-electron chi connectivity index (χ0n) is 9.47. The van der Waals surface area contributed by atoms with Crippen LogP contribution in [0.15, 0.2) is 37.3 Å². The molecular weight excluding hydrogens is 368 g/mol. The lowest BCUT2D eigenvalue weighted by Gasteiger charge is -1.99. The van der Waals surface area contributed by atoms with Crippen molar-refractivity contribution in [2.45, 2.75) is 6.92 Å². The Morgan fingerprint density at radius 2 is 1.78 bits per heavy atom. The van der Waals surface area contributed by atoms with E-state index in [4.69, 9.17) is 21.4 Å². The van der Waals surface area contributed by atoms with E-state index in [-0.39, 0.29) is 5.96 Å². The molecule has 8 heteroatoms. The van der Waals surface area contributed by atoms with E-state index in [0.717, 1.165) is 21.4 Å². The minimum absolute atomic E-state index is 0.0653. The highest BCUT2D eigenvalue weighted by Gasteiger charge is 2.00. The number of guanidine groups is 1. The largest absolute Gasteiger partial charge is 0.481 e. The second-order valence-electron chi connectivity index (χ2n) is 2.92. The van der Waals surface area contributed by atoms with Crippen molar-refractivity contribution in [3.63, 3.8) is 0 Å². The number of rotatable bonds is 2. The van der Waals surface area contributed by atoms with Crippen molar-refractivity contribution in [1.29, 1.82) is 0 Å². The van der Waals surface area contributed by atoms with Crippen LogP contribution in [0.3, 0.4) is 0 Å². The van der Waals surface area contributed by atoms with Crippen LogP contribution in [0.1, 0.15) is 12.5 Å². The third-order valence-corrected chi connectivity index (χ3v) is 2.74. The van der Waals surface area contributed by atoms with Crippen LogP contribution in [0.5, 0.6) is 0 Å². The van der Waals surface area contributed by atoms with Crippen molar-refractivity contribution in [2.24, 2.45) is 21.7 Å². The molecule has 6 nitrogen and oxygen atoms in total. The quantitative estimate of drug-likeness (QED) is 0.413. The highest BCUT2D eigenvalue weighted by Crippen LogP contribution is 2.23. The Morgan fingerprint density at radius 1 is 1.33 bits per heavy atom. The Morgan fingerprint density at radius 3 is 2.17 bits per heavy atom. The van der Waals surface area contributed by atoms with E-state index in [1.165, 1.54) is 0 Å². The number of carboxylic acids is 1. The second-order valence-corrected chi connectivity index (χ2v) is 4.63. The minimum Gasteiger partial charge on any atom is -0.481 e. The molecule has 0 atom stereocenters. The molecule has 1 rings (SSSR count). The van der Waals surface area contributed by atoms with Crippen molar-refractivity contribution >= 4 is 50.0 Å². The van der Waals surface area contributed by atoms with Gasteiger partial charge >= 0.3 is 0 Å². The second kappa shape index (κ2) is 8.65. The number of carboxylic acid groups (broad SMARTS) is 1. The fourth-order valence-electron chi connectivity index (χ4n) is 0.787. The molecule has 0 saturated heterocycles. The van der Waals surface area contributed by atoms with Gasteiger partial charge in [-0.3, -0.25) is 4.79 Å². The van der Waals surface area contributed by atoms with Crippen molar-refractivity contribution in [3.8, 4) is 0 Å². The summed E-state index contributed by atoms with van der Waals surface area (Å²) in [4.78, 5) is 9.00. The first-order valence-electron chi connectivity index (χ1n) is 4.60. The topological polar surface area (TPSA) is 114 Å². The van der Waals surface area contributed by atoms with Crippen LogP contribution in [0, 0.1) is 0 Å². The molecule has 0 bridgehead atoms. The van der Waals surface area contributed by atoms with Crippen LogP contribution in [0.2, 0.25) is 0 Å². The predicted octanol–water partition coefficient (Wildman–Crippen LogP) is 1.91. The Hall–Kier alpha value is -1.41. The predicted molar refractivity (Wildman–Crippen MR) is 78.6 cm³/mol. The van der Waals surface area contributed by atoms with E-state index < -0.39 is 5.97 Å². The number of hydrogen-bond acceptors (Lipinski definition) is 3. The summed E-state index contributed by atoms with van der Waals surface area (Å²) in [6, 6.07) is 5.72. The van der Waals surface area contributed by atoms with E-state index in [0.29, 0.717) is 0 Å². The molecule has 1 aromatic carbocycles. The van der Waals surface area contributed by atoms with Crippen LogP contribution in [-0.4, -0.2) is 23.2 Å². The van der Waals surface area contributed by atoms with E-state index in [1.54, 1.807) is 6.21 Å². The highest BCUT2D eigenvalue weighted by atomic mass is 79.9. The molecule has 0 aromatic heterocycles. The number of carbonyl (C=O) groups is 1. The third kappa shape index (κ3) is 7.80. The van der Waals surface area contributed by atoms with Gasteiger partial charge in [0.1, 0.15) is 0 Å². The van der Waals surface area contributed by atoms with Crippen molar-refractivity contribution < 1.29 is 9.90 Å². The fourth-order valence-corrected chi connectivity index (χ4v) is 1.99. The maximum Gasteiger partial charge on any atom is 0.300 e. The van der Waals surface area contributed by atoms with Crippen LogP contribution >= 0.6 is 31.9 Å². The van der Waals surface area contributed by atoms with Gasteiger partial charge in [0, 0.05) is 21.4 Å². The van der Waals surface area contributed by atoms with E-state index in [1.807, 2.05) is 18.2 Å². The van der Waals surface area contributed by atoms with Gasteiger partial charge in [0.2, 0.25) is 5.96 Å². The molecular formula is C10H12Br2N4O2. The minimum atomic E-state index is -0.833. The van der Waals surface area contributed by atoms with Gasteiger partial charge in [0.15, 0.2) is 0 Å². The Kier molecular flexibility index (Phi) is 7.97. The molecule has 0 spiro atoms. The summed E-state index contributed by atoms with van der Waals surface area (Å²) in [6.45, 7) is 1.08. The van der Waals surface area contributed by atoms with E-state index in [9.17, 15) is 0 Å². The molecule has 0 aliphatic rings. The number of halogens is 2. The zero-order valence-corrected chi connectivity index (χ0v) is 12.6. The molecule has 0 radical (unpaired) electrons. The van der Waals surface area contributed by atoms with Crippen LogP contribution in [0.25, 0.3) is 0 Å².